The van der Waals surface area contributed by atoms with E-state index in [9.17, 15) is 8.42 Å². The highest BCUT2D eigenvalue weighted by atomic mass is 32.2. The Labute approximate surface area is 125 Å². The van der Waals surface area contributed by atoms with Crippen LogP contribution < -0.4 is 10.0 Å². The summed E-state index contributed by atoms with van der Waals surface area (Å²) in [5.41, 5.74) is -0.528. The third kappa shape index (κ3) is 5.14. The summed E-state index contributed by atoms with van der Waals surface area (Å²) >= 11 is 1.44. The molecule has 1 heterocycles. The van der Waals surface area contributed by atoms with Gasteiger partial charge in [-0.2, -0.15) is 0 Å². The molecule has 0 atom stereocenters. The van der Waals surface area contributed by atoms with Crippen molar-refractivity contribution >= 4 is 21.4 Å². The summed E-state index contributed by atoms with van der Waals surface area (Å²) < 4.78 is 32.5. The van der Waals surface area contributed by atoms with Gasteiger partial charge < -0.3 is 10.1 Å². The van der Waals surface area contributed by atoms with Crippen LogP contribution in [0.15, 0.2) is 16.3 Å². The van der Waals surface area contributed by atoms with Gasteiger partial charge >= 0.3 is 0 Å². The quantitative estimate of drug-likeness (QED) is 0.768. The number of sulfonamides is 1. The van der Waals surface area contributed by atoms with Crippen LogP contribution in [0.4, 0.5) is 0 Å². The van der Waals surface area contributed by atoms with E-state index in [1.54, 1.807) is 18.6 Å². The van der Waals surface area contributed by atoms with Gasteiger partial charge in [-0.05, 0) is 25.3 Å². The highest BCUT2D eigenvalue weighted by Gasteiger charge is 2.24. The monoisotopic (exact) mass is 320 g/mol. The lowest BCUT2D eigenvalue weighted by Gasteiger charge is -2.23. The van der Waals surface area contributed by atoms with Crippen LogP contribution in [-0.2, 0) is 21.3 Å². The number of hydrogen-bond acceptors (Lipinski definition) is 5. The summed E-state index contributed by atoms with van der Waals surface area (Å²) in [7, 11) is -1.93. The van der Waals surface area contributed by atoms with E-state index >= 15 is 0 Å². The van der Waals surface area contributed by atoms with Crippen molar-refractivity contribution < 1.29 is 13.2 Å². The van der Waals surface area contributed by atoms with Crippen molar-refractivity contribution in [2.75, 3.05) is 13.7 Å². The molecule has 0 unspecified atom stereocenters. The van der Waals surface area contributed by atoms with E-state index in [1.165, 1.54) is 11.3 Å². The van der Waals surface area contributed by atoms with Crippen LogP contribution >= 0.6 is 11.3 Å². The van der Waals surface area contributed by atoms with Gasteiger partial charge in [-0.15, -0.1) is 11.3 Å². The number of rotatable bonds is 8. The SMILES string of the molecule is COC(C)(C)CNS(=O)(=O)c1ccsc1CNC(C)C. The molecule has 0 aliphatic heterocycles. The van der Waals surface area contributed by atoms with E-state index < -0.39 is 15.6 Å². The lowest BCUT2D eigenvalue weighted by molar-refractivity contribution is 0.0276. The first kappa shape index (κ1) is 17.6. The third-order valence-electron chi connectivity index (χ3n) is 2.91. The Kier molecular flexibility index (Phi) is 6.15. The smallest absolute Gasteiger partial charge is 0.241 e. The summed E-state index contributed by atoms with van der Waals surface area (Å²) in [6, 6.07) is 1.96. The fraction of sp³-hybridized carbons (Fsp3) is 0.692. The average molecular weight is 320 g/mol. The minimum atomic E-state index is -3.50. The maximum absolute atomic E-state index is 12.3. The number of nitrogens with one attached hydrogen (secondary N) is 2. The van der Waals surface area contributed by atoms with Crippen molar-refractivity contribution in [3.8, 4) is 0 Å². The second kappa shape index (κ2) is 7.00. The van der Waals surface area contributed by atoms with Gasteiger partial charge in [0.1, 0.15) is 0 Å². The Morgan fingerprint density at radius 3 is 2.60 bits per heavy atom. The zero-order valence-corrected chi connectivity index (χ0v) is 14.3. The van der Waals surface area contributed by atoms with Crippen LogP contribution in [0.1, 0.15) is 32.6 Å². The fourth-order valence-electron chi connectivity index (χ4n) is 1.41. The predicted molar refractivity (Wildman–Crippen MR) is 82.6 cm³/mol. The summed E-state index contributed by atoms with van der Waals surface area (Å²) in [5.74, 6) is 0. The van der Waals surface area contributed by atoms with E-state index in [1.807, 2.05) is 27.7 Å². The van der Waals surface area contributed by atoms with Crippen LogP contribution in [0.5, 0.6) is 0 Å². The summed E-state index contributed by atoms with van der Waals surface area (Å²) in [4.78, 5) is 1.17. The second-order valence-corrected chi connectivity index (χ2v) is 8.27. The first-order valence-electron chi connectivity index (χ1n) is 6.52. The molecule has 0 spiro atoms. The van der Waals surface area contributed by atoms with Crippen molar-refractivity contribution in [2.24, 2.45) is 0 Å². The molecule has 2 N–H and O–H groups in total. The van der Waals surface area contributed by atoms with E-state index in [-0.39, 0.29) is 6.54 Å². The van der Waals surface area contributed by atoms with Gasteiger partial charge in [0.15, 0.2) is 0 Å². The molecule has 1 aromatic rings. The van der Waals surface area contributed by atoms with Crippen LogP contribution in [0, 0.1) is 0 Å². The van der Waals surface area contributed by atoms with Crippen molar-refractivity contribution in [1.29, 1.82) is 0 Å². The van der Waals surface area contributed by atoms with Crippen molar-refractivity contribution in [1.82, 2.24) is 10.0 Å². The van der Waals surface area contributed by atoms with Crippen molar-refractivity contribution in [3.63, 3.8) is 0 Å². The molecule has 0 saturated carbocycles. The van der Waals surface area contributed by atoms with Crippen molar-refractivity contribution in [3.05, 3.63) is 16.3 Å². The Morgan fingerprint density at radius 1 is 1.40 bits per heavy atom. The molecule has 0 fully saturated rings. The number of thiophene rings is 1. The van der Waals surface area contributed by atoms with E-state index in [4.69, 9.17) is 4.74 Å². The Morgan fingerprint density at radius 2 is 2.05 bits per heavy atom. The van der Waals surface area contributed by atoms with Crippen molar-refractivity contribution in [2.45, 2.75) is 50.8 Å². The van der Waals surface area contributed by atoms with Gasteiger partial charge in [-0.25, -0.2) is 13.1 Å². The van der Waals surface area contributed by atoms with Gasteiger partial charge in [-0.1, -0.05) is 13.8 Å². The number of hydrogen-bond donors (Lipinski definition) is 2. The molecule has 0 aliphatic carbocycles. The predicted octanol–water partition coefficient (Wildman–Crippen LogP) is 1.95. The van der Waals surface area contributed by atoms with Gasteiger partial charge in [0, 0.05) is 31.1 Å². The van der Waals surface area contributed by atoms with E-state index in [2.05, 4.69) is 10.0 Å². The van der Waals surface area contributed by atoms with Gasteiger partial charge in [0.2, 0.25) is 10.0 Å². The molecule has 0 amide bonds. The molecule has 116 valence electrons. The molecule has 1 aromatic heterocycles. The van der Waals surface area contributed by atoms with Crippen LogP contribution in [-0.4, -0.2) is 33.7 Å². The molecule has 0 bridgehead atoms. The molecular weight excluding hydrogens is 296 g/mol. The second-order valence-electron chi connectivity index (χ2n) is 5.53. The van der Waals surface area contributed by atoms with Gasteiger partial charge in [-0.3, -0.25) is 0 Å². The maximum Gasteiger partial charge on any atom is 0.241 e. The molecule has 7 heteroatoms. The summed E-state index contributed by atoms with van der Waals surface area (Å²) in [5, 5.41) is 5.04. The Balaban J connectivity index is 2.80. The van der Waals surface area contributed by atoms with Gasteiger partial charge in [0.25, 0.3) is 0 Å². The first-order valence-corrected chi connectivity index (χ1v) is 8.89. The third-order valence-corrected chi connectivity index (χ3v) is 5.44. The maximum atomic E-state index is 12.3. The highest BCUT2D eigenvalue weighted by Crippen LogP contribution is 2.22. The molecule has 0 saturated heterocycles. The van der Waals surface area contributed by atoms with Crippen LogP contribution in [0.3, 0.4) is 0 Å². The highest BCUT2D eigenvalue weighted by molar-refractivity contribution is 7.89. The zero-order chi connectivity index (χ0) is 15.4. The number of methoxy groups -OCH3 is 1. The molecule has 20 heavy (non-hydrogen) atoms. The molecule has 0 aliphatic rings. The Hall–Kier alpha value is -0.470. The first-order chi connectivity index (χ1) is 9.18. The number of ether oxygens (including phenoxy) is 1. The van der Waals surface area contributed by atoms with E-state index in [0.717, 1.165) is 4.88 Å². The molecular formula is C13H24N2O3S2. The minimum Gasteiger partial charge on any atom is -0.377 e. The minimum absolute atomic E-state index is 0.235. The van der Waals surface area contributed by atoms with Crippen LogP contribution in [0.2, 0.25) is 0 Å². The largest absolute Gasteiger partial charge is 0.377 e. The zero-order valence-electron chi connectivity index (χ0n) is 12.7. The molecule has 1 rings (SSSR count). The standard InChI is InChI=1S/C13H24N2O3S2/c1-10(2)14-8-11-12(6-7-19-11)20(16,17)15-9-13(3,4)18-5/h6-7,10,14-15H,8-9H2,1-5H3. The summed E-state index contributed by atoms with van der Waals surface area (Å²) in [6.07, 6.45) is 0. The summed E-state index contributed by atoms with van der Waals surface area (Å²) in [6.45, 7) is 8.52. The Bertz CT molecular complexity index is 521. The lowest BCUT2D eigenvalue weighted by atomic mass is 10.1. The molecule has 5 nitrogen and oxygen atoms in total. The lowest BCUT2D eigenvalue weighted by Crippen LogP contribution is -2.39. The average Bonchev–Trinajstić information content (AvgIpc) is 2.83. The normalized spacial score (nSPS) is 13.1. The van der Waals surface area contributed by atoms with E-state index in [0.29, 0.717) is 17.5 Å². The van der Waals surface area contributed by atoms with Gasteiger partial charge in [0.05, 0.1) is 10.5 Å². The fourth-order valence-corrected chi connectivity index (χ4v) is 4.00. The topological polar surface area (TPSA) is 67.4 Å². The molecule has 0 radical (unpaired) electrons. The van der Waals surface area contributed by atoms with Crippen LogP contribution in [0.25, 0.3) is 0 Å². The molecule has 0 aromatic carbocycles.